The van der Waals surface area contributed by atoms with Crippen LogP contribution in [0.4, 0.5) is 5.69 Å². The quantitative estimate of drug-likeness (QED) is 0.612. The summed E-state index contributed by atoms with van der Waals surface area (Å²) in [5, 5.41) is 0. The summed E-state index contributed by atoms with van der Waals surface area (Å²) in [5.41, 5.74) is 3.50. The fourth-order valence-electron chi connectivity index (χ4n) is 3.22. The molecule has 0 aliphatic rings. The first-order chi connectivity index (χ1) is 14.2. The molecule has 0 saturated heterocycles. The number of benzene rings is 3. The summed E-state index contributed by atoms with van der Waals surface area (Å²) >= 11 is 0. The van der Waals surface area contributed by atoms with Gasteiger partial charge in [-0.15, -0.1) is 0 Å². The highest BCUT2D eigenvalue weighted by Crippen LogP contribution is 2.23. The fourth-order valence-corrected chi connectivity index (χ4v) is 4.61. The summed E-state index contributed by atoms with van der Waals surface area (Å²) < 4.78 is 28.1. The van der Waals surface area contributed by atoms with E-state index in [0.29, 0.717) is 16.8 Å². The molecule has 1 unspecified atom stereocenters. The number of rotatable bonds is 6. The summed E-state index contributed by atoms with van der Waals surface area (Å²) in [5.74, 6) is -0.129. The Hall–Kier alpha value is -3.12. The summed E-state index contributed by atoms with van der Waals surface area (Å²) in [6.07, 6.45) is 0. The molecule has 3 aromatic carbocycles. The molecule has 0 fully saturated rings. The van der Waals surface area contributed by atoms with Crippen LogP contribution in [0.5, 0.6) is 0 Å². The predicted octanol–water partition coefficient (Wildman–Crippen LogP) is 4.94. The third-order valence-electron chi connectivity index (χ3n) is 5.20. The Labute approximate surface area is 178 Å². The van der Waals surface area contributed by atoms with Gasteiger partial charge in [-0.25, -0.2) is 8.42 Å². The second-order valence-corrected chi connectivity index (χ2v) is 9.11. The Kier molecular flexibility index (Phi) is 6.27. The standard InChI is InChI=1S/C24H26N2O3S/c1-17-10-11-18(2)23(16-17)30(28,29)25-22-14-12-21(13-15-22)24(27)26(4)19(3)20-8-6-5-7-9-20/h5-16,19,25H,1-4H3. The summed E-state index contributed by atoms with van der Waals surface area (Å²) in [6, 6.07) is 21.5. The molecule has 0 spiro atoms. The Bertz CT molecular complexity index is 1140. The van der Waals surface area contributed by atoms with Crippen molar-refractivity contribution in [2.45, 2.75) is 31.7 Å². The molecule has 0 heterocycles. The first-order valence-electron chi connectivity index (χ1n) is 9.71. The molecule has 0 saturated carbocycles. The van der Waals surface area contributed by atoms with Gasteiger partial charge < -0.3 is 4.90 Å². The zero-order valence-corrected chi connectivity index (χ0v) is 18.4. The molecule has 6 heteroatoms. The van der Waals surface area contributed by atoms with Gasteiger partial charge in [-0.05, 0) is 67.8 Å². The third kappa shape index (κ3) is 4.71. The minimum absolute atomic E-state index is 0.0822. The molecular formula is C24H26N2O3S. The lowest BCUT2D eigenvalue weighted by atomic mass is 10.1. The van der Waals surface area contributed by atoms with Crippen molar-refractivity contribution in [2.24, 2.45) is 0 Å². The zero-order valence-electron chi connectivity index (χ0n) is 17.6. The molecule has 3 aromatic rings. The van der Waals surface area contributed by atoms with Crippen molar-refractivity contribution in [1.82, 2.24) is 4.90 Å². The zero-order chi connectivity index (χ0) is 21.9. The fraction of sp³-hybridized carbons (Fsp3) is 0.208. The minimum atomic E-state index is -3.71. The number of nitrogens with one attached hydrogen (secondary N) is 1. The van der Waals surface area contributed by atoms with Crippen LogP contribution in [0.3, 0.4) is 0 Å². The van der Waals surface area contributed by atoms with E-state index in [4.69, 9.17) is 0 Å². The molecule has 0 aliphatic carbocycles. The van der Waals surface area contributed by atoms with E-state index in [1.54, 1.807) is 55.3 Å². The van der Waals surface area contributed by atoms with Crippen LogP contribution in [0.25, 0.3) is 0 Å². The first-order valence-corrected chi connectivity index (χ1v) is 11.2. The molecule has 1 N–H and O–H groups in total. The normalized spacial score (nSPS) is 12.3. The molecule has 1 atom stereocenters. The number of nitrogens with zero attached hydrogens (tertiary/aromatic N) is 1. The smallest absolute Gasteiger partial charge is 0.262 e. The van der Waals surface area contributed by atoms with Gasteiger partial charge in [0.2, 0.25) is 0 Å². The first kappa shape index (κ1) is 21.6. The van der Waals surface area contributed by atoms with Crippen LogP contribution in [-0.2, 0) is 10.0 Å². The van der Waals surface area contributed by atoms with Crippen molar-refractivity contribution in [1.29, 1.82) is 0 Å². The van der Waals surface area contributed by atoms with Crippen LogP contribution in [0.15, 0.2) is 77.7 Å². The third-order valence-corrected chi connectivity index (χ3v) is 6.72. The van der Waals surface area contributed by atoms with E-state index in [-0.39, 0.29) is 16.8 Å². The molecule has 156 valence electrons. The van der Waals surface area contributed by atoms with Gasteiger partial charge in [0.05, 0.1) is 10.9 Å². The highest BCUT2D eigenvalue weighted by Gasteiger charge is 2.20. The molecular weight excluding hydrogens is 396 g/mol. The van der Waals surface area contributed by atoms with Crippen LogP contribution >= 0.6 is 0 Å². The molecule has 0 aromatic heterocycles. The number of aryl methyl sites for hydroxylation is 2. The van der Waals surface area contributed by atoms with Crippen molar-refractivity contribution in [3.8, 4) is 0 Å². The lowest BCUT2D eigenvalue weighted by Crippen LogP contribution is -2.29. The van der Waals surface area contributed by atoms with Gasteiger partial charge in [0.25, 0.3) is 15.9 Å². The van der Waals surface area contributed by atoms with Crippen LogP contribution in [0.1, 0.15) is 40.0 Å². The van der Waals surface area contributed by atoms with E-state index < -0.39 is 10.0 Å². The van der Waals surface area contributed by atoms with Crippen molar-refractivity contribution >= 4 is 21.6 Å². The number of carbonyl (C=O) groups is 1. The monoisotopic (exact) mass is 422 g/mol. The Morgan fingerprint density at radius 2 is 1.57 bits per heavy atom. The van der Waals surface area contributed by atoms with Gasteiger partial charge in [-0.1, -0.05) is 42.5 Å². The minimum Gasteiger partial charge on any atom is -0.335 e. The highest BCUT2D eigenvalue weighted by molar-refractivity contribution is 7.92. The van der Waals surface area contributed by atoms with Gasteiger partial charge in [0, 0.05) is 18.3 Å². The second kappa shape index (κ2) is 8.71. The Balaban J connectivity index is 1.76. The molecule has 30 heavy (non-hydrogen) atoms. The molecule has 3 rings (SSSR count). The average molecular weight is 423 g/mol. The van der Waals surface area contributed by atoms with Crippen molar-refractivity contribution < 1.29 is 13.2 Å². The van der Waals surface area contributed by atoms with Gasteiger partial charge >= 0.3 is 0 Å². The van der Waals surface area contributed by atoms with Crippen LogP contribution < -0.4 is 4.72 Å². The van der Waals surface area contributed by atoms with Crippen molar-refractivity contribution in [3.05, 3.63) is 95.1 Å². The maximum atomic E-state index is 12.8. The lowest BCUT2D eigenvalue weighted by molar-refractivity contribution is 0.0742. The number of sulfonamides is 1. The molecule has 0 bridgehead atoms. The van der Waals surface area contributed by atoms with Crippen LogP contribution in [0, 0.1) is 13.8 Å². The van der Waals surface area contributed by atoms with E-state index in [0.717, 1.165) is 11.1 Å². The van der Waals surface area contributed by atoms with Gasteiger partial charge in [-0.2, -0.15) is 0 Å². The van der Waals surface area contributed by atoms with Crippen molar-refractivity contribution in [2.75, 3.05) is 11.8 Å². The number of anilines is 1. The van der Waals surface area contributed by atoms with E-state index in [9.17, 15) is 13.2 Å². The van der Waals surface area contributed by atoms with E-state index in [1.807, 2.05) is 50.2 Å². The largest absolute Gasteiger partial charge is 0.335 e. The molecule has 0 aliphatic heterocycles. The van der Waals surface area contributed by atoms with Gasteiger partial charge in [0.1, 0.15) is 0 Å². The molecule has 0 radical (unpaired) electrons. The SMILES string of the molecule is Cc1ccc(C)c(S(=O)(=O)Nc2ccc(C(=O)N(C)C(C)c3ccccc3)cc2)c1. The average Bonchev–Trinajstić information content (AvgIpc) is 2.74. The van der Waals surface area contributed by atoms with E-state index >= 15 is 0 Å². The Morgan fingerprint density at radius 1 is 0.933 bits per heavy atom. The van der Waals surface area contributed by atoms with E-state index in [2.05, 4.69) is 4.72 Å². The molecule has 5 nitrogen and oxygen atoms in total. The molecule has 1 amide bonds. The number of amides is 1. The lowest BCUT2D eigenvalue weighted by Gasteiger charge is -2.25. The summed E-state index contributed by atoms with van der Waals surface area (Å²) in [6.45, 7) is 5.59. The van der Waals surface area contributed by atoms with Crippen molar-refractivity contribution in [3.63, 3.8) is 0 Å². The number of hydrogen-bond donors (Lipinski definition) is 1. The van der Waals surface area contributed by atoms with Gasteiger partial charge in [0.15, 0.2) is 0 Å². The summed E-state index contributed by atoms with van der Waals surface area (Å²) in [7, 11) is -1.95. The Morgan fingerprint density at radius 3 is 2.20 bits per heavy atom. The predicted molar refractivity (Wildman–Crippen MR) is 120 cm³/mol. The second-order valence-electron chi connectivity index (χ2n) is 7.45. The topological polar surface area (TPSA) is 66.5 Å². The summed E-state index contributed by atoms with van der Waals surface area (Å²) in [4.78, 5) is 14.8. The van der Waals surface area contributed by atoms with Gasteiger partial charge in [-0.3, -0.25) is 9.52 Å². The number of carbonyl (C=O) groups excluding carboxylic acids is 1. The van der Waals surface area contributed by atoms with E-state index in [1.165, 1.54) is 0 Å². The maximum absolute atomic E-state index is 12.8. The highest BCUT2D eigenvalue weighted by atomic mass is 32.2. The van der Waals surface area contributed by atoms with Crippen LogP contribution in [0.2, 0.25) is 0 Å². The number of hydrogen-bond acceptors (Lipinski definition) is 3. The maximum Gasteiger partial charge on any atom is 0.262 e. The van der Waals surface area contributed by atoms with Crippen LogP contribution in [-0.4, -0.2) is 26.3 Å².